The lowest BCUT2D eigenvalue weighted by Crippen LogP contribution is -2.64. The van der Waals surface area contributed by atoms with Gasteiger partial charge in [0.25, 0.3) is 5.91 Å². The van der Waals surface area contributed by atoms with E-state index in [-0.39, 0.29) is 30.2 Å². The minimum Gasteiger partial charge on any atom is -0.351 e. The fourth-order valence-electron chi connectivity index (χ4n) is 5.49. The molecule has 2 aliphatic rings. The fourth-order valence-corrected chi connectivity index (χ4v) is 5.49. The molecule has 0 saturated heterocycles. The predicted molar refractivity (Wildman–Crippen MR) is 131 cm³/mol. The molecular formula is C28H32FN3O2. The minimum atomic E-state index is -1.14. The zero-order chi connectivity index (χ0) is 23.7. The lowest BCUT2D eigenvalue weighted by atomic mass is 9.91. The van der Waals surface area contributed by atoms with Gasteiger partial charge in [-0.2, -0.15) is 0 Å². The number of carbonyl (C=O) groups is 2. The maximum absolute atomic E-state index is 14.6. The molecule has 0 bridgehead atoms. The Kier molecular flexibility index (Phi) is 6.15. The van der Waals surface area contributed by atoms with Gasteiger partial charge in [0.1, 0.15) is 17.1 Å². The Labute approximate surface area is 199 Å². The third-order valence-corrected chi connectivity index (χ3v) is 7.55. The van der Waals surface area contributed by atoms with Crippen LogP contribution in [0.25, 0.3) is 10.9 Å². The molecule has 1 aromatic heterocycles. The maximum atomic E-state index is 14.6. The summed E-state index contributed by atoms with van der Waals surface area (Å²) in [5, 5.41) is 4.24. The zero-order valence-electron chi connectivity index (χ0n) is 19.7. The molecule has 178 valence electrons. The number of para-hydroxylation sites is 1. The van der Waals surface area contributed by atoms with Crippen molar-refractivity contribution in [3.63, 3.8) is 0 Å². The lowest BCUT2D eigenvalue weighted by molar-refractivity contribution is -0.134. The topological polar surface area (TPSA) is 54.3 Å². The van der Waals surface area contributed by atoms with Crippen molar-refractivity contribution >= 4 is 22.7 Å². The average Bonchev–Trinajstić information content (AvgIpc) is 3.18. The van der Waals surface area contributed by atoms with Crippen LogP contribution < -0.4 is 5.32 Å². The molecule has 1 atom stereocenters. The van der Waals surface area contributed by atoms with Gasteiger partial charge in [-0.3, -0.25) is 9.59 Å². The summed E-state index contributed by atoms with van der Waals surface area (Å²) in [6, 6.07) is 16.3. The molecule has 2 heterocycles. The Bertz CT molecular complexity index is 1210. The Morgan fingerprint density at radius 1 is 1.03 bits per heavy atom. The van der Waals surface area contributed by atoms with Crippen molar-refractivity contribution in [2.45, 2.75) is 76.5 Å². The van der Waals surface area contributed by atoms with Crippen LogP contribution in [-0.2, 0) is 17.9 Å². The number of halogens is 1. The van der Waals surface area contributed by atoms with Gasteiger partial charge in [-0.15, -0.1) is 0 Å². The molecule has 0 unspecified atom stereocenters. The fraction of sp³-hybridized carbons (Fsp3) is 0.429. The second-order valence-corrected chi connectivity index (χ2v) is 9.95. The van der Waals surface area contributed by atoms with Crippen molar-refractivity contribution in [2.24, 2.45) is 0 Å². The summed E-state index contributed by atoms with van der Waals surface area (Å²) in [5.41, 5.74) is 0.733. The van der Waals surface area contributed by atoms with Gasteiger partial charge in [0, 0.05) is 22.5 Å². The predicted octanol–water partition coefficient (Wildman–Crippen LogP) is 5.42. The summed E-state index contributed by atoms with van der Waals surface area (Å²) >= 11 is 0. The van der Waals surface area contributed by atoms with Gasteiger partial charge < -0.3 is 14.8 Å². The summed E-state index contributed by atoms with van der Waals surface area (Å²) in [6.45, 7) is 2.19. The van der Waals surface area contributed by atoms with Gasteiger partial charge in [0.15, 0.2) is 0 Å². The lowest BCUT2D eigenvalue weighted by Gasteiger charge is -2.44. The third-order valence-electron chi connectivity index (χ3n) is 7.55. The number of rotatable bonds is 4. The quantitative estimate of drug-likeness (QED) is 0.564. The monoisotopic (exact) mass is 461 g/mol. The normalized spacial score (nSPS) is 21.7. The number of nitrogens with one attached hydrogen (secondary N) is 1. The molecule has 2 amide bonds. The Balaban J connectivity index is 1.52. The highest BCUT2D eigenvalue weighted by Crippen LogP contribution is 2.34. The average molecular weight is 462 g/mol. The van der Waals surface area contributed by atoms with Crippen molar-refractivity contribution in [1.82, 2.24) is 14.8 Å². The zero-order valence-corrected chi connectivity index (χ0v) is 19.7. The van der Waals surface area contributed by atoms with Crippen molar-refractivity contribution in [3.05, 3.63) is 71.7 Å². The van der Waals surface area contributed by atoms with Crippen molar-refractivity contribution in [2.75, 3.05) is 0 Å². The first-order valence-corrected chi connectivity index (χ1v) is 12.4. The number of hydrogen-bond acceptors (Lipinski definition) is 2. The molecule has 1 aliphatic heterocycles. The van der Waals surface area contributed by atoms with E-state index in [0.29, 0.717) is 17.8 Å². The number of hydrogen-bond donors (Lipinski definition) is 1. The van der Waals surface area contributed by atoms with E-state index in [2.05, 4.69) is 5.32 Å². The summed E-state index contributed by atoms with van der Waals surface area (Å²) in [4.78, 5) is 29.3. The molecule has 0 spiro atoms. The van der Waals surface area contributed by atoms with E-state index in [0.717, 1.165) is 36.6 Å². The molecule has 0 radical (unpaired) electrons. The molecule has 1 fully saturated rings. The van der Waals surface area contributed by atoms with Crippen LogP contribution >= 0.6 is 0 Å². The highest BCUT2D eigenvalue weighted by molar-refractivity contribution is 6.03. The van der Waals surface area contributed by atoms with E-state index >= 15 is 0 Å². The molecule has 2 aromatic carbocycles. The van der Waals surface area contributed by atoms with Gasteiger partial charge in [0.2, 0.25) is 5.91 Å². The standard InChI is InChI=1S/C28H32FN3O2/c1-28(27(34)30-22-13-5-3-2-4-6-14-22)19-31-24-16-10-8-11-20(24)17-25(31)26(33)32(28)18-21-12-7-9-15-23(21)29/h7-12,15-17,22H,2-6,13-14,18-19H2,1H3,(H,30,34)/t28-/m0/s1. The molecule has 34 heavy (non-hydrogen) atoms. The summed E-state index contributed by atoms with van der Waals surface area (Å²) in [7, 11) is 0. The molecule has 1 N–H and O–H groups in total. The molecule has 6 heteroatoms. The molecule has 1 saturated carbocycles. The summed E-state index contributed by atoms with van der Waals surface area (Å²) in [6.07, 6.45) is 7.77. The number of amides is 2. The molecule has 3 aromatic rings. The first kappa shape index (κ1) is 22.6. The van der Waals surface area contributed by atoms with E-state index in [1.165, 1.54) is 25.3 Å². The Morgan fingerprint density at radius 2 is 1.71 bits per heavy atom. The number of nitrogens with zero attached hydrogens (tertiary/aromatic N) is 2. The van der Waals surface area contributed by atoms with Crippen LogP contribution in [0.5, 0.6) is 0 Å². The SMILES string of the molecule is C[C@@]1(C(=O)NC2CCCCCCC2)Cn2c(cc3ccccc32)C(=O)N1Cc1ccccc1F. The molecule has 5 rings (SSSR count). The van der Waals surface area contributed by atoms with Crippen LogP contribution in [0.4, 0.5) is 4.39 Å². The largest absolute Gasteiger partial charge is 0.351 e. The van der Waals surface area contributed by atoms with Crippen LogP contribution in [0.2, 0.25) is 0 Å². The summed E-state index contributed by atoms with van der Waals surface area (Å²) < 4.78 is 16.6. The first-order valence-electron chi connectivity index (χ1n) is 12.4. The first-order chi connectivity index (χ1) is 16.5. The van der Waals surface area contributed by atoms with Crippen molar-refractivity contribution in [1.29, 1.82) is 0 Å². The van der Waals surface area contributed by atoms with Crippen LogP contribution in [0, 0.1) is 5.82 Å². The van der Waals surface area contributed by atoms with Crippen LogP contribution in [0.1, 0.15) is 67.9 Å². The Morgan fingerprint density at radius 3 is 2.47 bits per heavy atom. The van der Waals surface area contributed by atoms with Crippen LogP contribution in [0.15, 0.2) is 54.6 Å². The second-order valence-electron chi connectivity index (χ2n) is 9.95. The van der Waals surface area contributed by atoms with Crippen LogP contribution in [0.3, 0.4) is 0 Å². The van der Waals surface area contributed by atoms with Gasteiger partial charge in [0.05, 0.1) is 13.1 Å². The number of fused-ring (bicyclic) bond motifs is 3. The van der Waals surface area contributed by atoms with Crippen molar-refractivity contribution in [3.8, 4) is 0 Å². The maximum Gasteiger partial charge on any atom is 0.271 e. The van der Waals surface area contributed by atoms with E-state index in [4.69, 9.17) is 0 Å². The van der Waals surface area contributed by atoms with Crippen molar-refractivity contribution < 1.29 is 14.0 Å². The summed E-state index contributed by atoms with van der Waals surface area (Å²) in [5.74, 6) is -0.781. The van der Waals surface area contributed by atoms with Gasteiger partial charge in [-0.25, -0.2) is 4.39 Å². The smallest absolute Gasteiger partial charge is 0.271 e. The Hall–Kier alpha value is -3.15. The minimum absolute atomic E-state index is 0.0433. The molecule has 1 aliphatic carbocycles. The van der Waals surface area contributed by atoms with E-state index in [1.54, 1.807) is 23.1 Å². The molecular weight excluding hydrogens is 429 g/mol. The van der Waals surface area contributed by atoms with Gasteiger partial charge in [-0.05, 0) is 38.0 Å². The van der Waals surface area contributed by atoms with Crippen LogP contribution in [-0.4, -0.2) is 32.9 Å². The van der Waals surface area contributed by atoms with E-state index in [1.807, 2.05) is 41.8 Å². The van der Waals surface area contributed by atoms with E-state index < -0.39 is 5.54 Å². The number of benzene rings is 2. The molecule has 5 nitrogen and oxygen atoms in total. The third kappa shape index (κ3) is 4.10. The van der Waals surface area contributed by atoms with E-state index in [9.17, 15) is 14.0 Å². The second kappa shape index (κ2) is 9.24. The van der Waals surface area contributed by atoms with Gasteiger partial charge in [-0.1, -0.05) is 68.5 Å². The van der Waals surface area contributed by atoms with Gasteiger partial charge >= 0.3 is 0 Å². The number of carbonyl (C=O) groups excluding carboxylic acids is 2. The highest BCUT2D eigenvalue weighted by atomic mass is 19.1. The highest BCUT2D eigenvalue weighted by Gasteiger charge is 2.48. The number of aromatic nitrogens is 1.